The summed E-state index contributed by atoms with van der Waals surface area (Å²) < 4.78 is 27.0. The number of fused-ring (bicyclic) bond motifs is 1. The summed E-state index contributed by atoms with van der Waals surface area (Å²) in [6.07, 6.45) is 3.43. The Labute approximate surface area is 111 Å². The average molecular weight is 277 g/mol. The second-order valence-corrected chi connectivity index (χ2v) is 5.00. The van der Waals surface area contributed by atoms with Crippen LogP contribution < -0.4 is 5.32 Å². The van der Waals surface area contributed by atoms with E-state index in [1.807, 2.05) is 12.1 Å². The minimum atomic E-state index is -0.638. The van der Waals surface area contributed by atoms with Crippen LogP contribution in [-0.4, -0.2) is 9.97 Å². The fraction of sp³-hybridized carbons (Fsp3) is 0.0769. The minimum absolute atomic E-state index is 0.195. The highest BCUT2D eigenvalue weighted by molar-refractivity contribution is 7.22. The van der Waals surface area contributed by atoms with Gasteiger partial charge in [-0.2, -0.15) is 0 Å². The number of rotatable bonds is 3. The first-order valence-corrected chi connectivity index (χ1v) is 6.42. The smallest absolute Gasteiger partial charge is 0.184 e. The summed E-state index contributed by atoms with van der Waals surface area (Å²) in [6, 6.07) is 5.89. The van der Waals surface area contributed by atoms with Gasteiger partial charge in [0.1, 0.15) is 11.3 Å². The Kier molecular flexibility index (Phi) is 3.08. The third-order valence-corrected chi connectivity index (χ3v) is 3.54. The molecule has 0 amide bonds. The van der Waals surface area contributed by atoms with E-state index in [0.717, 1.165) is 11.6 Å². The van der Waals surface area contributed by atoms with E-state index in [1.165, 1.54) is 17.4 Å². The van der Waals surface area contributed by atoms with Crippen LogP contribution in [0.4, 0.5) is 13.9 Å². The topological polar surface area (TPSA) is 37.8 Å². The number of pyridine rings is 1. The van der Waals surface area contributed by atoms with Gasteiger partial charge in [-0.3, -0.25) is 4.98 Å². The largest absolute Gasteiger partial charge is 0.357 e. The summed E-state index contributed by atoms with van der Waals surface area (Å²) in [5.41, 5.74) is 1.19. The summed E-state index contributed by atoms with van der Waals surface area (Å²) in [6.45, 7) is 0.539. The quantitative estimate of drug-likeness (QED) is 0.795. The lowest BCUT2D eigenvalue weighted by Crippen LogP contribution is -1.98. The van der Waals surface area contributed by atoms with Gasteiger partial charge in [-0.25, -0.2) is 13.8 Å². The van der Waals surface area contributed by atoms with Gasteiger partial charge >= 0.3 is 0 Å². The van der Waals surface area contributed by atoms with E-state index >= 15 is 0 Å². The second-order valence-electron chi connectivity index (χ2n) is 3.97. The van der Waals surface area contributed by atoms with E-state index in [9.17, 15) is 8.78 Å². The zero-order valence-electron chi connectivity index (χ0n) is 9.73. The molecule has 0 aliphatic heterocycles. The van der Waals surface area contributed by atoms with Crippen molar-refractivity contribution in [3.63, 3.8) is 0 Å². The molecule has 2 aromatic heterocycles. The van der Waals surface area contributed by atoms with Crippen molar-refractivity contribution in [2.75, 3.05) is 5.32 Å². The number of halogens is 2. The zero-order chi connectivity index (χ0) is 13.2. The predicted octanol–water partition coefficient (Wildman–Crippen LogP) is 3.58. The monoisotopic (exact) mass is 277 g/mol. The maximum absolute atomic E-state index is 13.5. The predicted molar refractivity (Wildman–Crippen MR) is 71.1 cm³/mol. The average Bonchev–Trinajstić information content (AvgIpc) is 2.81. The molecule has 0 saturated heterocycles. The van der Waals surface area contributed by atoms with Crippen LogP contribution in [0, 0.1) is 11.6 Å². The van der Waals surface area contributed by atoms with Crippen molar-refractivity contribution in [2.24, 2.45) is 0 Å². The van der Waals surface area contributed by atoms with Gasteiger partial charge in [-0.1, -0.05) is 17.4 Å². The van der Waals surface area contributed by atoms with Crippen molar-refractivity contribution in [2.45, 2.75) is 6.54 Å². The minimum Gasteiger partial charge on any atom is -0.357 e. The van der Waals surface area contributed by atoms with E-state index in [4.69, 9.17) is 0 Å². The Morgan fingerprint density at radius 1 is 1.26 bits per heavy atom. The maximum atomic E-state index is 13.5. The number of nitrogens with zero attached hydrogens (tertiary/aromatic N) is 2. The first kappa shape index (κ1) is 12.0. The molecule has 3 rings (SSSR count). The van der Waals surface area contributed by atoms with E-state index in [1.54, 1.807) is 12.4 Å². The van der Waals surface area contributed by atoms with Gasteiger partial charge in [-0.05, 0) is 17.7 Å². The van der Waals surface area contributed by atoms with Crippen molar-refractivity contribution < 1.29 is 8.78 Å². The maximum Gasteiger partial charge on any atom is 0.184 e. The highest BCUT2D eigenvalue weighted by atomic mass is 32.1. The van der Waals surface area contributed by atoms with Crippen LogP contribution in [0.5, 0.6) is 0 Å². The number of benzene rings is 1. The fourth-order valence-corrected chi connectivity index (χ4v) is 2.61. The summed E-state index contributed by atoms with van der Waals surface area (Å²) in [4.78, 5) is 8.11. The lowest BCUT2D eigenvalue weighted by atomic mass is 10.3. The molecule has 1 aromatic carbocycles. The molecule has 2 heterocycles. The summed E-state index contributed by atoms with van der Waals surface area (Å²) in [5.74, 6) is -1.23. The van der Waals surface area contributed by atoms with E-state index in [2.05, 4.69) is 15.3 Å². The second kappa shape index (κ2) is 4.89. The Morgan fingerprint density at radius 2 is 2.16 bits per heavy atom. The number of aromatic nitrogens is 2. The van der Waals surface area contributed by atoms with E-state index in [-0.39, 0.29) is 5.52 Å². The van der Waals surface area contributed by atoms with Gasteiger partial charge in [-0.15, -0.1) is 0 Å². The standard InChI is InChI=1S/C13H9F2N3S/c14-9-4-10(15)12-11(5-9)19-13(18-12)17-7-8-2-1-3-16-6-8/h1-6H,7H2,(H,17,18). The van der Waals surface area contributed by atoms with Gasteiger partial charge in [0.05, 0.1) is 4.70 Å². The molecule has 0 aliphatic carbocycles. The third kappa shape index (κ3) is 2.53. The summed E-state index contributed by atoms with van der Waals surface area (Å²) in [7, 11) is 0. The van der Waals surface area contributed by atoms with Crippen LogP contribution >= 0.6 is 11.3 Å². The van der Waals surface area contributed by atoms with Crippen LogP contribution in [0.15, 0.2) is 36.7 Å². The summed E-state index contributed by atoms with van der Waals surface area (Å²) >= 11 is 1.22. The molecule has 0 unspecified atom stereocenters. The van der Waals surface area contributed by atoms with Crippen molar-refractivity contribution >= 4 is 26.7 Å². The van der Waals surface area contributed by atoms with Crippen molar-refractivity contribution in [3.05, 3.63) is 53.9 Å². The Bertz CT molecular complexity index is 712. The molecule has 0 radical (unpaired) electrons. The number of hydrogen-bond donors (Lipinski definition) is 1. The van der Waals surface area contributed by atoms with Gasteiger partial charge in [0.25, 0.3) is 0 Å². The molecule has 6 heteroatoms. The molecule has 0 bridgehead atoms. The van der Waals surface area contributed by atoms with Crippen molar-refractivity contribution in [1.29, 1.82) is 0 Å². The lowest BCUT2D eigenvalue weighted by molar-refractivity contribution is 0.591. The highest BCUT2D eigenvalue weighted by Gasteiger charge is 2.10. The van der Waals surface area contributed by atoms with Gasteiger partial charge in [0.2, 0.25) is 0 Å². The molecule has 3 nitrogen and oxygen atoms in total. The molecular formula is C13H9F2N3S. The molecule has 19 heavy (non-hydrogen) atoms. The first-order valence-electron chi connectivity index (χ1n) is 5.61. The lowest BCUT2D eigenvalue weighted by Gasteiger charge is -2.00. The van der Waals surface area contributed by atoms with Crippen LogP contribution in [0.3, 0.4) is 0 Å². The Balaban J connectivity index is 1.84. The molecule has 96 valence electrons. The molecule has 0 aliphatic rings. The molecule has 3 aromatic rings. The molecule has 0 spiro atoms. The molecular weight excluding hydrogens is 268 g/mol. The number of thiazole rings is 1. The van der Waals surface area contributed by atoms with Gasteiger partial charge in [0, 0.05) is 25.0 Å². The van der Waals surface area contributed by atoms with Crippen LogP contribution in [0.25, 0.3) is 10.2 Å². The zero-order valence-corrected chi connectivity index (χ0v) is 10.5. The van der Waals surface area contributed by atoms with Gasteiger partial charge < -0.3 is 5.32 Å². The van der Waals surface area contributed by atoms with Crippen LogP contribution in [-0.2, 0) is 6.54 Å². The van der Waals surface area contributed by atoms with Crippen molar-refractivity contribution in [1.82, 2.24) is 9.97 Å². The Hall–Kier alpha value is -2.08. The van der Waals surface area contributed by atoms with Crippen molar-refractivity contribution in [3.8, 4) is 0 Å². The molecule has 1 N–H and O–H groups in total. The number of nitrogens with one attached hydrogen (secondary N) is 1. The molecule has 0 saturated carbocycles. The fourth-order valence-electron chi connectivity index (χ4n) is 1.71. The molecule has 0 atom stereocenters. The normalized spacial score (nSPS) is 10.8. The van der Waals surface area contributed by atoms with E-state index < -0.39 is 11.6 Å². The van der Waals surface area contributed by atoms with E-state index in [0.29, 0.717) is 16.4 Å². The third-order valence-electron chi connectivity index (χ3n) is 2.58. The van der Waals surface area contributed by atoms with Crippen LogP contribution in [0.1, 0.15) is 5.56 Å². The Morgan fingerprint density at radius 3 is 2.95 bits per heavy atom. The van der Waals surface area contributed by atoms with Gasteiger partial charge in [0.15, 0.2) is 10.9 Å². The number of anilines is 1. The van der Waals surface area contributed by atoms with Crippen LogP contribution in [0.2, 0.25) is 0 Å². The molecule has 0 fully saturated rings. The number of hydrogen-bond acceptors (Lipinski definition) is 4. The summed E-state index contributed by atoms with van der Waals surface area (Å²) in [5, 5.41) is 3.63. The first-order chi connectivity index (χ1) is 9.22. The SMILES string of the molecule is Fc1cc(F)c2nc(NCc3cccnc3)sc2c1. The highest BCUT2D eigenvalue weighted by Crippen LogP contribution is 2.28.